The lowest BCUT2D eigenvalue weighted by Gasteiger charge is -2.13. The first-order valence-corrected chi connectivity index (χ1v) is 12.2. The maximum absolute atomic E-state index is 13.0. The van der Waals surface area contributed by atoms with Crippen LogP contribution in [0.3, 0.4) is 0 Å². The molecule has 2 saturated carbocycles. The fourth-order valence-corrected chi connectivity index (χ4v) is 4.78. The van der Waals surface area contributed by atoms with Gasteiger partial charge in [-0.25, -0.2) is 4.98 Å². The van der Waals surface area contributed by atoms with E-state index in [0.29, 0.717) is 29.7 Å². The summed E-state index contributed by atoms with van der Waals surface area (Å²) in [7, 11) is 0. The molecule has 2 fully saturated rings. The molecule has 2 N–H and O–H groups in total. The van der Waals surface area contributed by atoms with E-state index in [4.69, 9.17) is 4.98 Å². The average Bonchev–Trinajstić information content (AvgIpc) is 3.52. The van der Waals surface area contributed by atoms with Gasteiger partial charge in [0.05, 0.1) is 10.9 Å². The molecular formula is C27H30N4O3. The lowest BCUT2D eigenvalue weighted by Crippen LogP contribution is -2.27. The third-order valence-corrected chi connectivity index (χ3v) is 6.78. The second kappa shape index (κ2) is 9.79. The molecule has 176 valence electrons. The van der Waals surface area contributed by atoms with E-state index < -0.39 is 0 Å². The van der Waals surface area contributed by atoms with Crippen LogP contribution in [0.2, 0.25) is 0 Å². The van der Waals surface area contributed by atoms with Crippen molar-refractivity contribution < 1.29 is 9.59 Å². The van der Waals surface area contributed by atoms with Crippen LogP contribution in [-0.2, 0) is 22.6 Å². The number of para-hydroxylation sites is 1. The number of rotatable bonds is 8. The molecule has 1 heterocycles. The molecule has 2 aliphatic rings. The van der Waals surface area contributed by atoms with E-state index in [2.05, 4.69) is 10.6 Å². The van der Waals surface area contributed by atoms with Crippen molar-refractivity contribution in [2.45, 2.75) is 64.0 Å². The van der Waals surface area contributed by atoms with Gasteiger partial charge < -0.3 is 10.6 Å². The first-order chi connectivity index (χ1) is 16.6. The first kappa shape index (κ1) is 22.3. The summed E-state index contributed by atoms with van der Waals surface area (Å²) in [5.74, 6) is 0.784. The van der Waals surface area contributed by atoms with Crippen molar-refractivity contribution in [3.8, 4) is 0 Å². The zero-order valence-electron chi connectivity index (χ0n) is 19.3. The molecule has 0 aliphatic heterocycles. The number of benzene rings is 2. The predicted octanol–water partition coefficient (Wildman–Crippen LogP) is 4.11. The molecule has 0 radical (unpaired) electrons. The molecule has 2 aliphatic carbocycles. The molecule has 0 atom stereocenters. The predicted molar refractivity (Wildman–Crippen MR) is 131 cm³/mol. The molecule has 0 unspecified atom stereocenters. The Labute approximate surface area is 198 Å². The Hall–Kier alpha value is -3.48. The minimum absolute atomic E-state index is 0.0139. The van der Waals surface area contributed by atoms with Crippen molar-refractivity contribution in [1.29, 1.82) is 0 Å². The van der Waals surface area contributed by atoms with Crippen LogP contribution >= 0.6 is 0 Å². The Morgan fingerprint density at radius 1 is 1.00 bits per heavy atom. The Morgan fingerprint density at radius 2 is 1.79 bits per heavy atom. The third kappa shape index (κ3) is 5.03. The molecule has 34 heavy (non-hydrogen) atoms. The molecule has 0 spiro atoms. The first-order valence-electron chi connectivity index (χ1n) is 12.2. The van der Waals surface area contributed by atoms with Gasteiger partial charge in [-0.2, -0.15) is 0 Å². The molecule has 2 amide bonds. The van der Waals surface area contributed by atoms with Crippen LogP contribution < -0.4 is 16.2 Å². The van der Waals surface area contributed by atoms with Crippen molar-refractivity contribution in [2.75, 3.05) is 5.32 Å². The molecular weight excluding hydrogens is 428 g/mol. The van der Waals surface area contributed by atoms with Crippen molar-refractivity contribution in [2.24, 2.45) is 5.92 Å². The molecule has 7 nitrogen and oxygen atoms in total. The second-order valence-corrected chi connectivity index (χ2v) is 9.40. The largest absolute Gasteiger partial charge is 0.352 e. The fraction of sp³-hybridized carbons (Fsp3) is 0.407. The lowest BCUT2D eigenvalue weighted by atomic mass is 10.1. The molecule has 1 aromatic heterocycles. The number of carbonyl (C=O) groups is 2. The van der Waals surface area contributed by atoms with Crippen LogP contribution in [0.4, 0.5) is 5.69 Å². The van der Waals surface area contributed by atoms with Gasteiger partial charge in [0.25, 0.3) is 5.56 Å². The summed E-state index contributed by atoms with van der Waals surface area (Å²) in [5.41, 5.74) is 2.35. The molecule has 3 aromatic rings. The minimum Gasteiger partial charge on any atom is -0.352 e. The number of aryl methyl sites for hydroxylation is 1. The molecule has 7 heteroatoms. The van der Waals surface area contributed by atoms with Gasteiger partial charge in [-0.1, -0.05) is 37.1 Å². The normalized spacial score (nSPS) is 16.0. The summed E-state index contributed by atoms with van der Waals surface area (Å²) < 4.78 is 1.78. The highest BCUT2D eigenvalue weighted by atomic mass is 16.2. The highest BCUT2D eigenvalue weighted by Gasteiger charge is 2.28. The van der Waals surface area contributed by atoms with Crippen molar-refractivity contribution in [3.05, 3.63) is 70.3 Å². The van der Waals surface area contributed by atoms with E-state index in [9.17, 15) is 14.4 Å². The summed E-state index contributed by atoms with van der Waals surface area (Å²) in [6.45, 7) is 0.381. The Kier molecular flexibility index (Phi) is 6.43. The van der Waals surface area contributed by atoms with Gasteiger partial charge in [-0.15, -0.1) is 0 Å². The average molecular weight is 459 g/mol. The Morgan fingerprint density at radius 3 is 2.59 bits per heavy atom. The summed E-state index contributed by atoms with van der Waals surface area (Å²) in [4.78, 5) is 42.6. The molecule has 5 rings (SSSR count). The van der Waals surface area contributed by atoms with Crippen LogP contribution in [-0.4, -0.2) is 21.4 Å². The monoisotopic (exact) mass is 458 g/mol. The third-order valence-electron chi connectivity index (χ3n) is 6.78. The van der Waals surface area contributed by atoms with Gasteiger partial charge in [-0.3, -0.25) is 19.0 Å². The topological polar surface area (TPSA) is 93.1 Å². The standard InChI is InChI=1S/C27H30N4O3/c32-25(28-17-18-6-5-9-20(16-18)29-26(33)19-7-1-2-8-19)15-14-24-30-23-11-4-3-10-22(23)27(34)31(24)21-12-13-21/h3-6,9-11,16,19,21H,1-2,7-8,12-15,17H2,(H,28,32)(H,29,33). The summed E-state index contributed by atoms with van der Waals surface area (Å²) in [6.07, 6.45) is 6.80. The SMILES string of the molecule is O=C(CCc1nc2ccccc2c(=O)n1C1CC1)NCc1cccc(NC(=O)C2CCCC2)c1. The van der Waals surface area contributed by atoms with Crippen LogP contribution in [0.25, 0.3) is 10.9 Å². The van der Waals surface area contributed by atoms with Gasteiger partial charge >= 0.3 is 0 Å². The Balaban J connectivity index is 1.19. The van der Waals surface area contributed by atoms with Gasteiger partial charge in [0.1, 0.15) is 5.82 Å². The van der Waals surface area contributed by atoms with E-state index in [-0.39, 0.29) is 35.8 Å². The van der Waals surface area contributed by atoms with Crippen molar-refractivity contribution >= 4 is 28.4 Å². The highest BCUT2D eigenvalue weighted by Crippen LogP contribution is 2.35. The van der Waals surface area contributed by atoms with Gasteiger partial charge in [-0.05, 0) is 55.5 Å². The number of nitrogens with zero attached hydrogens (tertiary/aromatic N) is 2. The number of nitrogens with one attached hydrogen (secondary N) is 2. The number of amides is 2. The van der Waals surface area contributed by atoms with E-state index in [1.54, 1.807) is 4.57 Å². The minimum atomic E-state index is -0.0925. The van der Waals surface area contributed by atoms with E-state index in [1.807, 2.05) is 48.5 Å². The van der Waals surface area contributed by atoms with Crippen molar-refractivity contribution in [1.82, 2.24) is 14.9 Å². The number of fused-ring (bicyclic) bond motifs is 1. The summed E-state index contributed by atoms with van der Waals surface area (Å²) >= 11 is 0. The van der Waals surface area contributed by atoms with E-state index in [0.717, 1.165) is 49.8 Å². The van der Waals surface area contributed by atoms with Crippen LogP contribution in [0, 0.1) is 5.92 Å². The van der Waals surface area contributed by atoms with E-state index >= 15 is 0 Å². The maximum Gasteiger partial charge on any atom is 0.261 e. The van der Waals surface area contributed by atoms with Gasteiger partial charge in [0, 0.05) is 37.0 Å². The summed E-state index contributed by atoms with van der Waals surface area (Å²) in [6, 6.07) is 15.2. The zero-order valence-corrected chi connectivity index (χ0v) is 19.3. The maximum atomic E-state index is 13.0. The Bertz CT molecular complexity index is 1270. The zero-order chi connectivity index (χ0) is 23.5. The molecule has 2 aromatic carbocycles. The number of carbonyl (C=O) groups excluding carboxylic acids is 2. The van der Waals surface area contributed by atoms with Crippen LogP contribution in [0.5, 0.6) is 0 Å². The number of anilines is 1. The highest BCUT2D eigenvalue weighted by molar-refractivity contribution is 5.92. The molecule has 0 saturated heterocycles. The smallest absolute Gasteiger partial charge is 0.261 e. The van der Waals surface area contributed by atoms with Crippen LogP contribution in [0.15, 0.2) is 53.3 Å². The second-order valence-electron chi connectivity index (χ2n) is 9.40. The lowest BCUT2D eigenvalue weighted by molar-refractivity contribution is -0.121. The quantitative estimate of drug-likeness (QED) is 0.531. The summed E-state index contributed by atoms with van der Waals surface area (Å²) in [5, 5.41) is 6.59. The van der Waals surface area contributed by atoms with Crippen LogP contribution in [0.1, 0.15) is 62.4 Å². The van der Waals surface area contributed by atoms with Gasteiger partial charge in [0.2, 0.25) is 11.8 Å². The molecule has 0 bridgehead atoms. The fourth-order valence-electron chi connectivity index (χ4n) is 4.78. The number of hydrogen-bond donors (Lipinski definition) is 2. The number of hydrogen-bond acceptors (Lipinski definition) is 4. The van der Waals surface area contributed by atoms with E-state index in [1.165, 1.54) is 0 Å². The van der Waals surface area contributed by atoms with Gasteiger partial charge in [0.15, 0.2) is 0 Å². The number of aromatic nitrogens is 2. The van der Waals surface area contributed by atoms with Crippen molar-refractivity contribution in [3.63, 3.8) is 0 Å².